The molecule has 0 aromatic heterocycles. The molecule has 0 amide bonds. The molecule has 82 valence electrons. The maximum Gasteiger partial charge on any atom is 0.228 e. The minimum atomic E-state index is -0.234. The number of rotatable bonds is 4. The summed E-state index contributed by atoms with van der Waals surface area (Å²) in [7, 11) is 4.51. The van der Waals surface area contributed by atoms with Gasteiger partial charge in [0, 0.05) is 5.56 Å². The van der Waals surface area contributed by atoms with Crippen LogP contribution in [0.3, 0.4) is 0 Å². The summed E-state index contributed by atoms with van der Waals surface area (Å²) >= 11 is 2.86. The highest BCUT2D eigenvalue weighted by Gasteiger charge is 2.15. The van der Waals surface area contributed by atoms with Gasteiger partial charge < -0.3 is 14.2 Å². The lowest BCUT2D eigenvalue weighted by atomic mass is 10.2. The number of carbonyl (C=O) groups is 1. The summed E-state index contributed by atoms with van der Waals surface area (Å²) in [4.78, 5) is 11.1. The molecule has 0 aliphatic rings. The molecule has 0 heterocycles. The fraction of sp³-hybridized carbons (Fsp3) is 0.300. The first kappa shape index (κ1) is 11.8. The predicted octanol–water partition coefficient (Wildman–Crippen LogP) is 2.25. The molecule has 0 atom stereocenters. The van der Waals surface area contributed by atoms with Gasteiger partial charge in [-0.25, -0.2) is 0 Å². The highest BCUT2D eigenvalue weighted by atomic mass is 79.9. The summed E-state index contributed by atoms with van der Waals surface area (Å²) in [5.41, 5.74) is 0.449. The lowest BCUT2D eigenvalue weighted by Crippen LogP contribution is -1.98. The van der Waals surface area contributed by atoms with Gasteiger partial charge in [-0.15, -0.1) is 0 Å². The second-order valence-electron chi connectivity index (χ2n) is 2.69. The third-order valence-electron chi connectivity index (χ3n) is 1.89. The first-order valence-corrected chi connectivity index (χ1v) is 4.93. The van der Waals surface area contributed by atoms with Crippen LogP contribution >= 0.6 is 15.9 Å². The lowest BCUT2D eigenvalue weighted by Gasteiger charge is -2.12. The van der Waals surface area contributed by atoms with E-state index in [0.29, 0.717) is 22.8 Å². The van der Waals surface area contributed by atoms with Crippen LogP contribution in [0.1, 0.15) is 10.4 Å². The van der Waals surface area contributed by atoms with E-state index in [4.69, 9.17) is 14.2 Å². The van der Waals surface area contributed by atoms with Crippen LogP contribution in [0.5, 0.6) is 17.2 Å². The molecule has 1 aromatic rings. The molecular formula is C10H11BrO4. The molecule has 0 bridgehead atoms. The van der Waals surface area contributed by atoms with Crippen LogP contribution in [0.15, 0.2) is 12.1 Å². The molecule has 15 heavy (non-hydrogen) atoms. The molecule has 0 aliphatic heterocycles. The normalized spacial score (nSPS) is 9.60. The fourth-order valence-electron chi connectivity index (χ4n) is 1.19. The van der Waals surface area contributed by atoms with Crippen molar-refractivity contribution in [3.8, 4) is 17.2 Å². The van der Waals surface area contributed by atoms with E-state index in [0.717, 1.165) is 0 Å². The van der Waals surface area contributed by atoms with Gasteiger partial charge in [-0.3, -0.25) is 4.79 Å². The summed E-state index contributed by atoms with van der Waals surface area (Å²) < 4.78 is 15.1. The summed E-state index contributed by atoms with van der Waals surface area (Å²) in [5.74, 6) is 1.39. The van der Waals surface area contributed by atoms with Crippen molar-refractivity contribution >= 4 is 20.6 Å². The van der Waals surface area contributed by atoms with Gasteiger partial charge in [0.25, 0.3) is 0 Å². The Labute approximate surface area is 96.3 Å². The zero-order chi connectivity index (χ0) is 11.4. The van der Waals surface area contributed by atoms with Crippen molar-refractivity contribution in [1.82, 2.24) is 0 Å². The number of ether oxygens (including phenoxy) is 3. The molecule has 0 aliphatic carbocycles. The van der Waals surface area contributed by atoms with E-state index in [9.17, 15) is 4.79 Å². The Bertz CT molecular complexity index is 351. The first-order chi connectivity index (χ1) is 7.13. The molecule has 0 N–H and O–H groups in total. The van der Waals surface area contributed by atoms with Crippen molar-refractivity contribution in [2.75, 3.05) is 21.3 Å². The molecule has 0 saturated heterocycles. The Hall–Kier alpha value is -1.23. The van der Waals surface area contributed by atoms with E-state index in [1.807, 2.05) is 0 Å². The average molecular weight is 275 g/mol. The number of hydrogen-bond donors (Lipinski definition) is 0. The second-order valence-corrected chi connectivity index (χ2v) is 3.41. The van der Waals surface area contributed by atoms with Gasteiger partial charge in [0.1, 0.15) is 0 Å². The molecular weight excluding hydrogens is 264 g/mol. The van der Waals surface area contributed by atoms with E-state index in [2.05, 4.69) is 15.9 Å². The Morgan fingerprint density at radius 3 is 1.80 bits per heavy atom. The van der Waals surface area contributed by atoms with Crippen molar-refractivity contribution in [2.24, 2.45) is 0 Å². The van der Waals surface area contributed by atoms with Crippen molar-refractivity contribution < 1.29 is 19.0 Å². The summed E-state index contributed by atoms with van der Waals surface area (Å²) in [6.45, 7) is 0. The maximum absolute atomic E-state index is 11.1. The zero-order valence-electron chi connectivity index (χ0n) is 8.67. The summed E-state index contributed by atoms with van der Waals surface area (Å²) in [6.07, 6.45) is 0. The van der Waals surface area contributed by atoms with Crippen molar-refractivity contribution in [1.29, 1.82) is 0 Å². The molecule has 0 spiro atoms. The van der Waals surface area contributed by atoms with E-state index < -0.39 is 0 Å². The highest BCUT2D eigenvalue weighted by molar-refractivity contribution is 9.18. The number of methoxy groups -OCH3 is 3. The molecule has 0 unspecified atom stereocenters. The van der Waals surface area contributed by atoms with Gasteiger partial charge in [-0.2, -0.15) is 0 Å². The lowest BCUT2D eigenvalue weighted by molar-refractivity contribution is 0.109. The van der Waals surface area contributed by atoms with Crippen molar-refractivity contribution in [3.05, 3.63) is 17.7 Å². The molecule has 1 rings (SSSR count). The van der Waals surface area contributed by atoms with E-state index in [1.54, 1.807) is 12.1 Å². The molecule has 0 radical (unpaired) electrons. The van der Waals surface area contributed by atoms with Crippen molar-refractivity contribution in [2.45, 2.75) is 0 Å². The smallest absolute Gasteiger partial charge is 0.228 e. The van der Waals surface area contributed by atoms with Gasteiger partial charge in [0.2, 0.25) is 10.4 Å². The number of carbonyl (C=O) groups excluding carboxylic acids is 1. The molecule has 0 saturated carbocycles. The Kier molecular flexibility index (Phi) is 3.96. The first-order valence-electron chi connectivity index (χ1n) is 4.13. The molecule has 1 aromatic carbocycles. The third-order valence-corrected chi connectivity index (χ3v) is 2.35. The molecule has 5 heteroatoms. The van der Waals surface area contributed by atoms with Crippen LogP contribution < -0.4 is 14.2 Å². The van der Waals surface area contributed by atoms with Crippen LogP contribution in [0.25, 0.3) is 0 Å². The molecule has 0 fully saturated rings. The predicted molar refractivity (Wildman–Crippen MR) is 59.4 cm³/mol. The maximum atomic E-state index is 11.1. The minimum Gasteiger partial charge on any atom is -0.493 e. The second kappa shape index (κ2) is 5.02. The minimum absolute atomic E-state index is 0.234. The number of halogens is 1. The number of benzene rings is 1. The Morgan fingerprint density at radius 2 is 1.53 bits per heavy atom. The van der Waals surface area contributed by atoms with Gasteiger partial charge in [0.05, 0.1) is 21.3 Å². The monoisotopic (exact) mass is 274 g/mol. The Balaban J connectivity index is 3.35. The Morgan fingerprint density at radius 1 is 1.07 bits per heavy atom. The zero-order valence-corrected chi connectivity index (χ0v) is 10.3. The van der Waals surface area contributed by atoms with Crippen LogP contribution in [0, 0.1) is 0 Å². The van der Waals surface area contributed by atoms with Crippen LogP contribution in [0.2, 0.25) is 0 Å². The van der Waals surface area contributed by atoms with Crippen LogP contribution in [0.4, 0.5) is 0 Å². The largest absolute Gasteiger partial charge is 0.493 e. The topological polar surface area (TPSA) is 44.8 Å². The van der Waals surface area contributed by atoms with E-state index >= 15 is 0 Å². The van der Waals surface area contributed by atoms with E-state index in [-0.39, 0.29) is 4.69 Å². The number of hydrogen-bond acceptors (Lipinski definition) is 4. The highest BCUT2D eigenvalue weighted by Crippen LogP contribution is 2.38. The van der Waals surface area contributed by atoms with Gasteiger partial charge in [-0.1, -0.05) is 0 Å². The summed E-state index contributed by atoms with van der Waals surface area (Å²) in [5, 5.41) is 0. The summed E-state index contributed by atoms with van der Waals surface area (Å²) in [6, 6.07) is 3.16. The van der Waals surface area contributed by atoms with Crippen LogP contribution in [-0.2, 0) is 0 Å². The fourth-order valence-corrected chi connectivity index (χ4v) is 1.42. The quantitative estimate of drug-likeness (QED) is 0.790. The SMILES string of the molecule is COc1cc(C(=O)Br)cc(OC)c1OC. The standard InChI is InChI=1S/C10H11BrO4/c1-13-7-4-6(10(11)12)5-8(14-2)9(7)15-3/h4-5H,1-3H3. The van der Waals surface area contributed by atoms with Gasteiger partial charge in [-0.05, 0) is 28.1 Å². The van der Waals surface area contributed by atoms with Gasteiger partial charge in [0.15, 0.2) is 11.5 Å². The van der Waals surface area contributed by atoms with Gasteiger partial charge >= 0.3 is 0 Å². The average Bonchev–Trinajstić information content (AvgIpc) is 2.26. The van der Waals surface area contributed by atoms with Crippen molar-refractivity contribution in [3.63, 3.8) is 0 Å². The van der Waals surface area contributed by atoms with Crippen LogP contribution in [-0.4, -0.2) is 26.0 Å². The molecule has 4 nitrogen and oxygen atoms in total. The van der Waals surface area contributed by atoms with E-state index in [1.165, 1.54) is 21.3 Å². The third kappa shape index (κ3) is 2.41.